The monoisotopic (exact) mass is 457 g/mol. The van der Waals surface area contributed by atoms with Crippen molar-refractivity contribution in [3.05, 3.63) is 113 Å². The van der Waals surface area contributed by atoms with E-state index in [2.05, 4.69) is 15.0 Å². The van der Waals surface area contributed by atoms with E-state index in [0.717, 1.165) is 5.56 Å². The number of hydrogen-bond donors (Lipinski definition) is 2. The van der Waals surface area contributed by atoms with Crippen molar-refractivity contribution in [2.24, 2.45) is 5.92 Å². The van der Waals surface area contributed by atoms with Gasteiger partial charge in [0, 0.05) is 30.9 Å². The lowest BCUT2D eigenvalue weighted by atomic mass is 9.58. The molecule has 0 spiro atoms. The molecule has 4 atom stereocenters. The fourth-order valence-electron chi connectivity index (χ4n) is 5.01. The highest BCUT2D eigenvalue weighted by molar-refractivity contribution is 7.08. The Morgan fingerprint density at radius 3 is 2.12 bits per heavy atom. The molecule has 0 saturated heterocycles. The van der Waals surface area contributed by atoms with Gasteiger partial charge in [-0.3, -0.25) is 19.7 Å². The second-order valence-corrected chi connectivity index (χ2v) is 9.27. The highest BCUT2D eigenvalue weighted by Crippen LogP contribution is 2.56. The topological polar surface area (TPSA) is 96.2 Å². The van der Waals surface area contributed by atoms with Gasteiger partial charge in [-0.1, -0.05) is 18.2 Å². The van der Waals surface area contributed by atoms with E-state index in [1.165, 1.54) is 11.3 Å². The number of carbonyl (C=O) groups is 1. The SMILES string of the molecule is O=C(c1ccccn1)C1C(c2ccsc2)CC(O)(c2ccccn2)CC1(O)c1ccccn1. The summed E-state index contributed by atoms with van der Waals surface area (Å²) >= 11 is 1.51. The number of aliphatic hydroxyl groups is 2. The van der Waals surface area contributed by atoms with E-state index in [-0.39, 0.29) is 24.3 Å². The Bertz CT molecular complexity index is 1220. The summed E-state index contributed by atoms with van der Waals surface area (Å²) in [4.78, 5) is 27.0. The molecular weight excluding hydrogens is 434 g/mol. The Kier molecular flexibility index (Phi) is 5.62. The molecule has 4 heterocycles. The number of thiophene rings is 1. The quantitative estimate of drug-likeness (QED) is 0.438. The van der Waals surface area contributed by atoms with Crippen LogP contribution in [0.15, 0.2) is 90.0 Å². The van der Waals surface area contributed by atoms with Gasteiger partial charge in [-0.15, -0.1) is 0 Å². The fraction of sp³-hybridized carbons (Fsp3) is 0.231. The van der Waals surface area contributed by atoms with Crippen LogP contribution in [-0.2, 0) is 11.2 Å². The predicted octanol–water partition coefficient (Wildman–Crippen LogP) is 4.09. The van der Waals surface area contributed by atoms with Crippen LogP contribution in [0.25, 0.3) is 0 Å². The third kappa shape index (κ3) is 3.88. The van der Waals surface area contributed by atoms with Crippen LogP contribution in [0.2, 0.25) is 0 Å². The molecule has 4 unspecified atom stereocenters. The van der Waals surface area contributed by atoms with Gasteiger partial charge in [0.1, 0.15) is 16.9 Å². The second kappa shape index (κ2) is 8.59. The fourth-order valence-corrected chi connectivity index (χ4v) is 5.73. The molecule has 1 saturated carbocycles. The lowest BCUT2D eigenvalue weighted by molar-refractivity contribution is -0.143. The first-order valence-corrected chi connectivity index (χ1v) is 11.7. The number of pyridine rings is 3. The van der Waals surface area contributed by atoms with Crippen molar-refractivity contribution in [2.45, 2.75) is 30.0 Å². The van der Waals surface area contributed by atoms with Crippen LogP contribution in [0, 0.1) is 5.92 Å². The summed E-state index contributed by atoms with van der Waals surface area (Å²) in [6.07, 6.45) is 4.90. The largest absolute Gasteiger partial charge is 0.383 e. The summed E-state index contributed by atoms with van der Waals surface area (Å²) in [6, 6.07) is 17.7. The molecule has 0 aliphatic heterocycles. The first kappa shape index (κ1) is 21.6. The molecule has 1 fully saturated rings. The number of aromatic nitrogens is 3. The Hall–Kier alpha value is -3.26. The van der Waals surface area contributed by atoms with Crippen LogP contribution >= 0.6 is 11.3 Å². The molecule has 166 valence electrons. The second-order valence-electron chi connectivity index (χ2n) is 8.49. The molecule has 0 amide bonds. The molecule has 2 N–H and O–H groups in total. The maximum absolute atomic E-state index is 13.9. The molecule has 0 aromatic carbocycles. The molecule has 7 heteroatoms. The summed E-state index contributed by atoms with van der Waals surface area (Å²) < 4.78 is 0. The van der Waals surface area contributed by atoms with Gasteiger partial charge >= 0.3 is 0 Å². The van der Waals surface area contributed by atoms with Crippen molar-refractivity contribution in [2.75, 3.05) is 0 Å². The van der Waals surface area contributed by atoms with Crippen LogP contribution in [-0.4, -0.2) is 30.9 Å². The van der Waals surface area contributed by atoms with Crippen molar-refractivity contribution in [3.8, 4) is 0 Å². The Morgan fingerprint density at radius 1 is 0.879 bits per heavy atom. The minimum Gasteiger partial charge on any atom is -0.383 e. The van der Waals surface area contributed by atoms with Crippen LogP contribution in [0.3, 0.4) is 0 Å². The smallest absolute Gasteiger partial charge is 0.188 e. The normalized spacial score (nSPS) is 27.2. The zero-order valence-corrected chi connectivity index (χ0v) is 18.6. The van der Waals surface area contributed by atoms with E-state index in [4.69, 9.17) is 0 Å². The number of carbonyl (C=O) groups excluding carboxylic acids is 1. The van der Waals surface area contributed by atoms with Gasteiger partial charge in [0.2, 0.25) is 0 Å². The number of ketones is 1. The minimum atomic E-state index is -1.74. The zero-order valence-electron chi connectivity index (χ0n) is 17.8. The predicted molar refractivity (Wildman–Crippen MR) is 125 cm³/mol. The van der Waals surface area contributed by atoms with Crippen molar-refractivity contribution in [1.29, 1.82) is 0 Å². The lowest BCUT2D eigenvalue weighted by Crippen LogP contribution is -2.54. The van der Waals surface area contributed by atoms with E-state index >= 15 is 0 Å². The molecule has 6 nitrogen and oxygen atoms in total. The van der Waals surface area contributed by atoms with E-state index < -0.39 is 23.0 Å². The molecule has 4 aromatic rings. The molecule has 5 rings (SSSR count). The van der Waals surface area contributed by atoms with E-state index in [1.54, 1.807) is 67.1 Å². The molecule has 4 aromatic heterocycles. The van der Waals surface area contributed by atoms with Crippen molar-refractivity contribution < 1.29 is 15.0 Å². The standard InChI is InChI=1S/C26H23N3O3S/c30-24(20-7-1-4-11-27-20)23-19(18-10-14-33-16-18)15-25(31,21-8-2-5-12-28-21)17-26(23,32)22-9-3-6-13-29-22/h1-14,16,19,23,31-32H,15,17H2. The van der Waals surface area contributed by atoms with Crippen molar-refractivity contribution in [1.82, 2.24) is 15.0 Å². The average molecular weight is 458 g/mol. The lowest BCUT2D eigenvalue weighted by Gasteiger charge is -2.50. The number of rotatable bonds is 5. The van der Waals surface area contributed by atoms with E-state index in [9.17, 15) is 15.0 Å². The molecule has 33 heavy (non-hydrogen) atoms. The van der Waals surface area contributed by atoms with E-state index in [0.29, 0.717) is 11.4 Å². The summed E-state index contributed by atoms with van der Waals surface area (Å²) in [5, 5.41) is 28.1. The third-order valence-electron chi connectivity index (χ3n) is 6.46. The third-order valence-corrected chi connectivity index (χ3v) is 7.16. The molecule has 1 aliphatic carbocycles. The van der Waals surface area contributed by atoms with Crippen LogP contribution in [0.4, 0.5) is 0 Å². The van der Waals surface area contributed by atoms with Crippen LogP contribution in [0.5, 0.6) is 0 Å². The molecule has 0 radical (unpaired) electrons. The highest BCUT2D eigenvalue weighted by Gasteiger charge is 2.59. The van der Waals surface area contributed by atoms with Gasteiger partial charge < -0.3 is 10.2 Å². The first-order valence-electron chi connectivity index (χ1n) is 10.8. The number of hydrogen-bond acceptors (Lipinski definition) is 7. The minimum absolute atomic E-state index is 0.113. The van der Waals surface area contributed by atoms with Crippen molar-refractivity contribution in [3.63, 3.8) is 0 Å². The summed E-state index contributed by atoms with van der Waals surface area (Å²) in [6.45, 7) is 0. The summed E-state index contributed by atoms with van der Waals surface area (Å²) in [7, 11) is 0. The highest BCUT2D eigenvalue weighted by atomic mass is 32.1. The van der Waals surface area contributed by atoms with Gasteiger partial charge in [-0.05, 0) is 65.2 Å². The van der Waals surface area contributed by atoms with E-state index in [1.807, 2.05) is 22.9 Å². The maximum Gasteiger partial charge on any atom is 0.188 e. The van der Waals surface area contributed by atoms with Gasteiger partial charge in [0.15, 0.2) is 5.78 Å². The maximum atomic E-state index is 13.9. The molecular formula is C26H23N3O3S. The van der Waals surface area contributed by atoms with Gasteiger partial charge in [-0.2, -0.15) is 11.3 Å². The Labute approximate surface area is 195 Å². The first-order chi connectivity index (χ1) is 16.0. The Balaban J connectivity index is 1.71. The van der Waals surface area contributed by atoms with Gasteiger partial charge in [-0.25, -0.2) is 0 Å². The number of nitrogens with zero attached hydrogens (tertiary/aromatic N) is 3. The van der Waals surface area contributed by atoms with Crippen molar-refractivity contribution >= 4 is 17.1 Å². The average Bonchev–Trinajstić information content (AvgIpc) is 3.40. The summed E-state index contributed by atoms with van der Waals surface area (Å²) in [5.41, 5.74) is -1.23. The summed E-state index contributed by atoms with van der Waals surface area (Å²) in [5.74, 6) is -1.64. The van der Waals surface area contributed by atoms with Crippen LogP contribution in [0.1, 0.15) is 46.2 Å². The molecule has 1 aliphatic rings. The van der Waals surface area contributed by atoms with Crippen LogP contribution < -0.4 is 0 Å². The Morgan fingerprint density at radius 2 is 1.55 bits per heavy atom. The van der Waals surface area contributed by atoms with Gasteiger partial charge in [0.25, 0.3) is 0 Å². The number of Topliss-reactive ketones (excluding diaryl/α,β-unsaturated/α-hetero) is 1. The van der Waals surface area contributed by atoms with Gasteiger partial charge in [0.05, 0.1) is 17.3 Å². The zero-order chi connectivity index (χ0) is 22.9. The molecule has 0 bridgehead atoms.